The van der Waals surface area contributed by atoms with Crippen LogP contribution in [0.15, 0.2) is 24.3 Å². The first kappa shape index (κ1) is 25.8. The molecular weight excluding hydrogens is 515 g/mol. The fraction of sp³-hybridized carbons (Fsp3) is 0.250. The van der Waals surface area contributed by atoms with Crippen LogP contribution in [0.2, 0.25) is 0 Å². The van der Waals surface area contributed by atoms with Crippen LogP contribution < -0.4 is 9.47 Å². The second-order valence-corrected chi connectivity index (χ2v) is 8.56. The molecule has 17 heteroatoms. The molecule has 0 aromatic heterocycles. The Bertz CT molecular complexity index is 1010. The molecule has 0 unspecified atom stereocenters. The zero-order valence-corrected chi connectivity index (χ0v) is 18.7. The number of methoxy groups -OCH3 is 2. The van der Waals surface area contributed by atoms with E-state index in [9.17, 15) is 40.5 Å². The number of halogens is 3. The van der Waals surface area contributed by atoms with Crippen molar-refractivity contribution in [1.29, 1.82) is 0 Å². The van der Waals surface area contributed by atoms with Crippen LogP contribution in [0.1, 0.15) is 17.0 Å². The monoisotopic (exact) mass is 524 g/mol. The van der Waals surface area contributed by atoms with Crippen LogP contribution in [0, 0.1) is 40.5 Å². The molecule has 0 bridgehead atoms. The smallest absolute Gasteiger partial charge is 0.318 e. The van der Waals surface area contributed by atoms with Crippen molar-refractivity contribution in [2.75, 3.05) is 14.2 Å². The van der Waals surface area contributed by atoms with Gasteiger partial charge in [-0.1, -0.05) is 34.8 Å². The number of hydrogen-bond acceptors (Lipinski definition) is 10. The van der Waals surface area contributed by atoms with Crippen molar-refractivity contribution >= 4 is 57.6 Å². The van der Waals surface area contributed by atoms with Crippen LogP contribution in [0.5, 0.6) is 11.5 Å². The van der Waals surface area contributed by atoms with Crippen molar-refractivity contribution in [2.45, 2.75) is 9.71 Å². The quantitative estimate of drug-likeness (QED) is 0.261. The van der Waals surface area contributed by atoms with Gasteiger partial charge in [0.25, 0.3) is 11.5 Å². The molecular formula is C16H11Cl3N4O10. The zero-order chi connectivity index (χ0) is 25.2. The molecule has 0 saturated heterocycles. The highest BCUT2D eigenvalue weighted by Gasteiger charge is 2.41. The summed E-state index contributed by atoms with van der Waals surface area (Å²) in [4.78, 5) is 42.1. The SMILES string of the molecule is COc1c([N+](=O)[O-])cc(C(c2cc([N+](=O)[O-])c(OC)c([N+](=O)[O-])c2)C(Cl)(Cl)Cl)cc1[N+](=O)[O-]. The van der Waals surface area contributed by atoms with Gasteiger partial charge >= 0.3 is 22.7 Å². The van der Waals surface area contributed by atoms with Gasteiger partial charge in [-0.2, -0.15) is 0 Å². The highest BCUT2D eigenvalue weighted by atomic mass is 35.6. The molecule has 0 aliphatic heterocycles. The number of nitro benzene ring substituents is 4. The molecule has 2 aromatic carbocycles. The molecule has 14 nitrogen and oxygen atoms in total. The average Bonchev–Trinajstić information content (AvgIpc) is 2.71. The summed E-state index contributed by atoms with van der Waals surface area (Å²) in [6.45, 7) is 0. The van der Waals surface area contributed by atoms with Gasteiger partial charge in [0.1, 0.15) is 0 Å². The molecule has 0 saturated carbocycles. The molecule has 0 heterocycles. The summed E-state index contributed by atoms with van der Waals surface area (Å²) in [6, 6.07) is 3.22. The van der Waals surface area contributed by atoms with E-state index in [2.05, 4.69) is 0 Å². The summed E-state index contributed by atoms with van der Waals surface area (Å²) in [5.74, 6) is -3.04. The van der Waals surface area contributed by atoms with Crippen LogP contribution in [-0.4, -0.2) is 37.7 Å². The molecule has 0 amide bonds. The standard InChI is InChI=1S/C16H11Cl3N4O10/c1-32-14-9(20(24)25)3-7(4-10(14)21(26)27)13(16(17,18)19)8-5-11(22(28)29)15(33-2)12(6-8)23(30)31/h3-6,13H,1-2H3. The number of hydrogen-bond donors (Lipinski definition) is 0. The number of nitro groups is 4. The van der Waals surface area contributed by atoms with E-state index in [1.165, 1.54) is 0 Å². The Morgan fingerprint density at radius 1 is 0.667 bits per heavy atom. The van der Waals surface area contributed by atoms with E-state index in [-0.39, 0.29) is 11.1 Å². The molecule has 33 heavy (non-hydrogen) atoms. The summed E-state index contributed by atoms with van der Waals surface area (Å²) in [5, 5.41) is 46.0. The normalized spacial score (nSPS) is 11.2. The Kier molecular flexibility index (Phi) is 7.46. The summed E-state index contributed by atoms with van der Waals surface area (Å²) in [7, 11) is 1.94. The first-order valence-corrected chi connectivity index (χ1v) is 9.46. The van der Waals surface area contributed by atoms with Crippen LogP contribution >= 0.6 is 34.8 Å². The summed E-state index contributed by atoms with van der Waals surface area (Å²) >= 11 is 18.1. The van der Waals surface area contributed by atoms with Gasteiger partial charge in [0.2, 0.25) is 3.79 Å². The molecule has 2 rings (SSSR count). The predicted octanol–water partition coefficient (Wildman–Crippen LogP) is 4.84. The van der Waals surface area contributed by atoms with Gasteiger partial charge in [-0.3, -0.25) is 40.5 Å². The van der Waals surface area contributed by atoms with Gasteiger partial charge < -0.3 is 9.47 Å². The average molecular weight is 526 g/mol. The van der Waals surface area contributed by atoms with Crippen LogP contribution in [0.25, 0.3) is 0 Å². The highest BCUT2D eigenvalue weighted by Crippen LogP contribution is 2.51. The van der Waals surface area contributed by atoms with E-state index in [1.807, 2.05) is 0 Å². The maximum absolute atomic E-state index is 11.5. The van der Waals surface area contributed by atoms with E-state index >= 15 is 0 Å². The van der Waals surface area contributed by atoms with Gasteiger partial charge in [-0.05, 0) is 11.1 Å². The minimum atomic E-state index is -2.42. The Balaban J connectivity index is 2.99. The maximum Gasteiger partial charge on any atom is 0.318 e. The third-order valence-corrected chi connectivity index (χ3v) is 4.99. The van der Waals surface area contributed by atoms with Crippen molar-refractivity contribution in [3.63, 3.8) is 0 Å². The predicted molar refractivity (Wildman–Crippen MR) is 115 cm³/mol. The molecule has 0 atom stereocenters. The third-order valence-electron chi connectivity index (χ3n) is 4.33. The highest BCUT2D eigenvalue weighted by molar-refractivity contribution is 6.68. The van der Waals surface area contributed by atoms with E-state index in [4.69, 9.17) is 44.3 Å². The van der Waals surface area contributed by atoms with Crippen molar-refractivity contribution in [2.24, 2.45) is 0 Å². The van der Waals surface area contributed by atoms with Crippen LogP contribution in [0.4, 0.5) is 22.7 Å². The number of rotatable bonds is 8. The van der Waals surface area contributed by atoms with E-state index in [1.54, 1.807) is 0 Å². The fourth-order valence-electron chi connectivity index (χ4n) is 3.10. The Hall–Kier alpha value is -3.49. The summed E-state index contributed by atoms with van der Waals surface area (Å²) in [5.41, 5.74) is -4.14. The topological polar surface area (TPSA) is 191 Å². The lowest BCUT2D eigenvalue weighted by atomic mass is 9.90. The minimum absolute atomic E-state index is 0.344. The largest absolute Gasteiger partial charge is 0.485 e. The number of benzene rings is 2. The van der Waals surface area contributed by atoms with Gasteiger partial charge in [0.15, 0.2) is 0 Å². The minimum Gasteiger partial charge on any atom is -0.485 e. The lowest BCUT2D eigenvalue weighted by molar-refractivity contribution is -0.396. The van der Waals surface area contributed by atoms with Crippen molar-refractivity contribution < 1.29 is 29.2 Å². The number of ether oxygens (including phenoxy) is 2. The summed E-state index contributed by atoms with van der Waals surface area (Å²) in [6.07, 6.45) is 0. The molecule has 0 N–H and O–H groups in total. The van der Waals surface area contributed by atoms with Crippen molar-refractivity contribution in [3.05, 3.63) is 75.8 Å². The van der Waals surface area contributed by atoms with Crippen LogP contribution in [-0.2, 0) is 0 Å². The lowest BCUT2D eigenvalue weighted by Crippen LogP contribution is -2.20. The second kappa shape index (κ2) is 9.56. The molecule has 0 aliphatic rings. The molecule has 2 aromatic rings. The van der Waals surface area contributed by atoms with E-state index in [0.717, 1.165) is 38.5 Å². The summed E-state index contributed by atoms with van der Waals surface area (Å²) < 4.78 is 7.13. The Labute approximate surface area is 198 Å². The molecule has 0 fully saturated rings. The molecule has 176 valence electrons. The van der Waals surface area contributed by atoms with Crippen LogP contribution in [0.3, 0.4) is 0 Å². The van der Waals surface area contributed by atoms with Crippen molar-refractivity contribution in [1.82, 2.24) is 0 Å². The van der Waals surface area contributed by atoms with E-state index in [0.29, 0.717) is 0 Å². The van der Waals surface area contributed by atoms with Gasteiger partial charge in [0.05, 0.1) is 39.8 Å². The Morgan fingerprint density at radius 3 is 1.06 bits per heavy atom. The van der Waals surface area contributed by atoms with Gasteiger partial charge in [-0.25, -0.2) is 0 Å². The second-order valence-electron chi connectivity index (χ2n) is 6.19. The molecule has 0 spiro atoms. The zero-order valence-electron chi connectivity index (χ0n) is 16.4. The van der Waals surface area contributed by atoms with Gasteiger partial charge in [0, 0.05) is 24.3 Å². The third kappa shape index (κ3) is 5.13. The first-order chi connectivity index (χ1) is 15.2. The van der Waals surface area contributed by atoms with E-state index < -0.39 is 63.7 Å². The van der Waals surface area contributed by atoms with Gasteiger partial charge in [-0.15, -0.1) is 0 Å². The number of nitrogens with zero attached hydrogens (tertiary/aromatic N) is 4. The first-order valence-electron chi connectivity index (χ1n) is 8.32. The Morgan fingerprint density at radius 2 is 0.909 bits per heavy atom. The fourth-order valence-corrected chi connectivity index (χ4v) is 3.86. The lowest BCUT2D eigenvalue weighted by Gasteiger charge is -2.25. The number of alkyl halides is 3. The molecule has 0 aliphatic carbocycles. The maximum atomic E-state index is 11.5. The molecule has 0 radical (unpaired) electrons. The van der Waals surface area contributed by atoms with Crippen molar-refractivity contribution in [3.8, 4) is 11.5 Å².